The molecule has 1 N–H and O–H groups in total. The number of carbonyl (C=O) groups is 1. The van der Waals surface area contributed by atoms with Crippen molar-refractivity contribution in [3.05, 3.63) is 29.3 Å². The molecule has 0 saturated carbocycles. The summed E-state index contributed by atoms with van der Waals surface area (Å²) in [5, 5.41) is 9.84. The number of benzene rings is 1. The highest BCUT2D eigenvalue weighted by atomic mass is 16.5. The number of hydrogen-bond acceptors (Lipinski definition) is 3. The molecule has 19 heavy (non-hydrogen) atoms. The molecule has 1 aliphatic heterocycles. The summed E-state index contributed by atoms with van der Waals surface area (Å²) in [6.07, 6.45) is 3.38. The number of rotatable bonds is 3. The minimum absolute atomic E-state index is 0.0430. The summed E-state index contributed by atoms with van der Waals surface area (Å²) < 4.78 is 5.63. The van der Waals surface area contributed by atoms with Crippen molar-refractivity contribution >= 4 is 5.91 Å². The van der Waals surface area contributed by atoms with Crippen LogP contribution in [0.2, 0.25) is 0 Å². The van der Waals surface area contributed by atoms with Gasteiger partial charge < -0.3 is 14.7 Å². The van der Waals surface area contributed by atoms with Crippen molar-refractivity contribution in [1.82, 2.24) is 4.90 Å². The van der Waals surface area contributed by atoms with Crippen molar-refractivity contribution in [3.8, 4) is 5.75 Å². The maximum absolute atomic E-state index is 12.3. The molecule has 2 rings (SSSR count). The van der Waals surface area contributed by atoms with E-state index in [0.717, 1.165) is 31.4 Å². The Bertz CT molecular complexity index is 453. The summed E-state index contributed by atoms with van der Waals surface area (Å²) in [5.74, 6) is -0.118. The Labute approximate surface area is 114 Å². The molecule has 1 fully saturated rings. The van der Waals surface area contributed by atoms with Crippen LogP contribution in [-0.4, -0.2) is 42.2 Å². The Hall–Kier alpha value is -1.55. The second kappa shape index (κ2) is 6.06. The Morgan fingerprint density at radius 3 is 2.89 bits per heavy atom. The molecular weight excluding hydrogens is 242 g/mol. The van der Waals surface area contributed by atoms with Gasteiger partial charge in [-0.1, -0.05) is 6.07 Å². The molecule has 1 aliphatic rings. The van der Waals surface area contributed by atoms with Crippen molar-refractivity contribution in [2.45, 2.75) is 32.3 Å². The highest BCUT2D eigenvalue weighted by molar-refractivity contribution is 5.96. The molecule has 104 valence electrons. The molecule has 0 aromatic heterocycles. The van der Waals surface area contributed by atoms with E-state index >= 15 is 0 Å². The highest BCUT2D eigenvalue weighted by Crippen LogP contribution is 2.21. The van der Waals surface area contributed by atoms with Gasteiger partial charge in [0.05, 0.1) is 11.7 Å². The van der Waals surface area contributed by atoms with E-state index in [9.17, 15) is 9.90 Å². The SMILES string of the molecule is Cc1ccc(C(=O)N(C)CC2CCCCO2)c(O)c1. The Morgan fingerprint density at radius 1 is 1.47 bits per heavy atom. The van der Waals surface area contributed by atoms with E-state index in [2.05, 4.69) is 0 Å². The molecule has 1 aromatic rings. The van der Waals surface area contributed by atoms with Crippen molar-refractivity contribution in [2.24, 2.45) is 0 Å². The number of aromatic hydroxyl groups is 1. The van der Waals surface area contributed by atoms with Crippen molar-refractivity contribution in [1.29, 1.82) is 0 Å². The van der Waals surface area contributed by atoms with Gasteiger partial charge in [-0.25, -0.2) is 0 Å². The first kappa shape index (κ1) is 13.9. The molecule has 1 atom stereocenters. The third kappa shape index (κ3) is 3.47. The zero-order valence-corrected chi connectivity index (χ0v) is 11.6. The van der Waals surface area contributed by atoms with Gasteiger partial charge in [0.15, 0.2) is 0 Å². The van der Waals surface area contributed by atoms with Crippen LogP contribution in [-0.2, 0) is 4.74 Å². The van der Waals surface area contributed by atoms with E-state index in [1.807, 2.05) is 13.0 Å². The Balaban J connectivity index is 2.01. The fourth-order valence-electron chi connectivity index (χ4n) is 2.37. The van der Waals surface area contributed by atoms with Crippen LogP contribution in [0.5, 0.6) is 5.75 Å². The van der Waals surface area contributed by atoms with Crippen LogP contribution >= 0.6 is 0 Å². The van der Waals surface area contributed by atoms with E-state index in [4.69, 9.17) is 4.74 Å². The molecule has 0 aliphatic carbocycles. The van der Waals surface area contributed by atoms with Crippen molar-refractivity contribution < 1.29 is 14.6 Å². The fourth-order valence-corrected chi connectivity index (χ4v) is 2.37. The predicted molar refractivity (Wildman–Crippen MR) is 73.4 cm³/mol. The summed E-state index contributed by atoms with van der Waals surface area (Å²) in [6, 6.07) is 5.11. The van der Waals surface area contributed by atoms with Crippen LogP contribution in [0.3, 0.4) is 0 Å². The van der Waals surface area contributed by atoms with Crippen molar-refractivity contribution in [3.63, 3.8) is 0 Å². The van der Waals surface area contributed by atoms with Crippen LogP contribution in [0.1, 0.15) is 35.2 Å². The molecule has 0 radical (unpaired) electrons. The van der Waals surface area contributed by atoms with Crippen LogP contribution in [0.4, 0.5) is 0 Å². The van der Waals surface area contributed by atoms with Crippen LogP contribution in [0.15, 0.2) is 18.2 Å². The quantitative estimate of drug-likeness (QED) is 0.910. The van der Waals surface area contributed by atoms with Gasteiger partial charge in [-0.2, -0.15) is 0 Å². The number of likely N-dealkylation sites (N-methyl/N-ethyl adjacent to an activating group) is 1. The molecule has 1 amide bonds. The zero-order chi connectivity index (χ0) is 13.8. The second-order valence-electron chi connectivity index (χ2n) is 5.19. The minimum atomic E-state index is -0.160. The maximum Gasteiger partial charge on any atom is 0.257 e. The molecule has 0 bridgehead atoms. The molecule has 4 heteroatoms. The summed E-state index contributed by atoms with van der Waals surface area (Å²) in [5.41, 5.74) is 1.29. The minimum Gasteiger partial charge on any atom is -0.507 e. The first-order chi connectivity index (χ1) is 9.08. The van der Waals surface area contributed by atoms with Gasteiger partial charge in [-0.05, 0) is 43.9 Å². The average molecular weight is 263 g/mol. The molecule has 1 saturated heterocycles. The first-order valence-corrected chi connectivity index (χ1v) is 6.74. The van der Waals surface area contributed by atoms with E-state index in [1.165, 1.54) is 0 Å². The zero-order valence-electron chi connectivity index (χ0n) is 11.6. The maximum atomic E-state index is 12.3. The van der Waals surface area contributed by atoms with Gasteiger partial charge in [0.2, 0.25) is 0 Å². The summed E-state index contributed by atoms with van der Waals surface area (Å²) in [4.78, 5) is 13.9. The number of phenols is 1. The largest absolute Gasteiger partial charge is 0.507 e. The smallest absolute Gasteiger partial charge is 0.257 e. The number of carbonyl (C=O) groups excluding carboxylic acids is 1. The molecule has 1 heterocycles. The monoisotopic (exact) mass is 263 g/mol. The van der Waals surface area contributed by atoms with E-state index < -0.39 is 0 Å². The molecule has 4 nitrogen and oxygen atoms in total. The lowest BCUT2D eigenvalue weighted by molar-refractivity contribution is -0.000239. The molecular formula is C15H21NO3. The standard InChI is InChI=1S/C15H21NO3/c1-11-6-7-13(14(17)9-11)15(18)16(2)10-12-5-3-4-8-19-12/h6-7,9,12,17H,3-5,8,10H2,1-2H3. The Morgan fingerprint density at radius 2 is 2.26 bits per heavy atom. The predicted octanol–water partition coefficient (Wildman–Crippen LogP) is 2.34. The molecule has 1 unspecified atom stereocenters. The second-order valence-corrected chi connectivity index (χ2v) is 5.19. The number of amides is 1. The van der Waals surface area contributed by atoms with Gasteiger partial charge in [-0.15, -0.1) is 0 Å². The molecule has 0 spiro atoms. The highest BCUT2D eigenvalue weighted by Gasteiger charge is 2.21. The fraction of sp³-hybridized carbons (Fsp3) is 0.533. The summed E-state index contributed by atoms with van der Waals surface area (Å²) >= 11 is 0. The van der Waals surface area contributed by atoms with Gasteiger partial charge in [0.1, 0.15) is 5.75 Å². The van der Waals surface area contributed by atoms with Crippen LogP contribution in [0, 0.1) is 6.92 Å². The normalized spacial score (nSPS) is 19.2. The summed E-state index contributed by atoms with van der Waals surface area (Å²) in [7, 11) is 1.75. The van der Waals surface area contributed by atoms with Gasteiger partial charge >= 0.3 is 0 Å². The topological polar surface area (TPSA) is 49.8 Å². The van der Waals surface area contributed by atoms with E-state index in [-0.39, 0.29) is 17.8 Å². The number of nitrogens with zero attached hydrogens (tertiary/aromatic N) is 1. The third-order valence-electron chi connectivity index (χ3n) is 3.48. The Kier molecular flexibility index (Phi) is 4.43. The van der Waals surface area contributed by atoms with E-state index in [1.54, 1.807) is 24.1 Å². The first-order valence-electron chi connectivity index (χ1n) is 6.74. The van der Waals surface area contributed by atoms with Gasteiger partial charge in [-0.3, -0.25) is 4.79 Å². The lowest BCUT2D eigenvalue weighted by Gasteiger charge is -2.27. The number of hydrogen-bond donors (Lipinski definition) is 1. The van der Waals surface area contributed by atoms with Crippen molar-refractivity contribution in [2.75, 3.05) is 20.2 Å². The van der Waals surface area contributed by atoms with Crippen LogP contribution in [0.25, 0.3) is 0 Å². The molecule has 1 aromatic carbocycles. The van der Waals surface area contributed by atoms with Crippen LogP contribution < -0.4 is 0 Å². The lowest BCUT2D eigenvalue weighted by Crippen LogP contribution is -2.37. The lowest BCUT2D eigenvalue weighted by atomic mass is 10.1. The summed E-state index contributed by atoms with van der Waals surface area (Å²) in [6.45, 7) is 3.24. The number of phenolic OH excluding ortho intramolecular Hbond substituents is 1. The average Bonchev–Trinajstić information content (AvgIpc) is 2.39. The van der Waals surface area contributed by atoms with Gasteiger partial charge in [0, 0.05) is 20.2 Å². The van der Waals surface area contributed by atoms with Gasteiger partial charge in [0.25, 0.3) is 5.91 Å². The number of ether oxygens (including phenoxy) is 1. The third-order valence-corrected chi connectivity index (χ3v) is 3.48. The number of aryl methyl sites for hydroxylation is 1. The van der Waals surface area contributed by atoms with E-state index in [0.29, 0.717) is 12.1 Å².